The van der Waals surface area contributed by atoms with Crippen molar-refractivity contribution in [1.29, 1.82) is 0 Å². The molecule has 2 aromatic rings. The molecule has 1 saturated heterocycles. The zero-order valence-electron chi connectivity index (χ0n) is 16.3. The molecule has 3 rings (SSSR count). The predicted molar refractivity (Wildman–Crippen MR) is 106 cm³/mol. The van der Waals surface area contributed by atoms with Gasteiger partial charge < -0.3 is 19.7 Å². The van der Waals surface area contributed by atoms with Gasteiger partial charge in [0.25, 0.3) is 0 Å². The van der Waals surface area contributed by atoms with Crippen LogP contribution in [0, 0.1) is 0 Å². The van der Waals surface area contributed by atoms with Gasteiger partial charge in [0.2, 0.25) is 0 Å². The minimum Gasteiger partial charge on any atom is -0.462 e. The summed E-state index contributed by atoms with van der Waals surface area (Å²) in [5, 5.41) is 3.18. The van der Waals surface area contributed by atoms with Crippen LogP contribution in [0.1, 0.15) is 38.1 Å². The molecule has 148 valence electrons. The third kappa shape index (κ3) is 6.80. The lowest BCUT2D eigenvalue weighted by Gasteiger charge is -2.30. The molecule has 1 aliphatic rings. The molecule has 7 nitrogen and oxygen atoms in total. The molecule has 0 aliphatic carbocycles. The summed E-state index contributed by atoms with van der Waals surface area (Å²) in [6, 6.07) is 5.38. The number of hydrogen-bond donors (Lipinski definition) is 1. The van der Waals surface area contributed by atoms with Crippen LogP contribution in [0.4, 0.5) is 4.79 Å². The summed E-state index contributed by atoms with van der Waals surface area (Å²) in [4.78, 5) is 28.7. The molecule has 1 N–H and O–H groups in total. The zero-order valence-corrected chi connectivity index (χ0v) is 17.1. The highest BCUT2D eigenvalue weighted by atomic mass is 32.1. The van der Waals surface area contributed by atoms with E-state index in [0.29, 0.717) is 12.2 Å². The summed E-state index contributed by atoms with van der Waals surface area (Å²) in [6.45, 7) is 11.1. The number of ether oxygens (including phenoxy) is 2. The lowest BCUT2D eigenvalue weighted by Crippen LogP contribution is -2.48. The van der Waals surface area contributed by atoms with Gasteiger partial charge in [-0.25, -0.2) is 14.6 Å². The van der Waals surface area contributed by atoms with Crippen LogP contribution in [0.3, 0.4) is 0 Å². The number of rotatable bonds is 2. The average Bonchev–Trinajstić information content (AvgIpc) is 3.09. The fraction of sp³-hybridized carbons (Fsp3) is 0.526. The van der Waals surface area contributed by atoms with Gasteiger partial charge in [0.15, 0.2) is 0 Å². The van der Waals surface area contributed by atoms with Gasteiger partial charge in [0.05, 0.1) is 27.9 Å². The number of fused-ring (bicyclic) bond motifs is 1. The van der Waals surface area contributed by atoms with Crippen molar-refractivity contribution in [3.8, 4) is 0 Å². The van der Waals surface area contributed by atoms with E-state index < -0.39 is 0 Å². The summed E-state index contributed by atoms with van der Waals surface area (Å²) in [5.74, 6) is -0.275. The molecule has 0 saturated carbocycles. The van der Waals surface area contributed by atoms with Crippen LogP contribution >= 0.6 is 11.3 Å². The highest BCUT2D eigenvalue weighted by Gasteiger charge is 2.22. The standard InChI is InChI=1S/C10H9NO2S.C9H18N2O2/c1-2-13-10(12)7-3-4-8-9(5-7)14-6-11-8;1-9(2,3)13-8(12)11-6-4-10-5-7-11/h3-6H,2H2,1H3;10H,4-7H2,1-3H3. The Morgan fingerprint density at radius 2 is 1.96 bits per heavy atom. The third-order valence-electron chi connectivity index (χ3n) is 3.61. The molecule has 0 unspecified atom stereocenters. The first-order valence-electron chi connectivity index (χ1n) is 8.99. The van der Waals surface area contributed by atoms with Crippen LogP contribution in [0.2, 0.25) is 0 Å². The molecule has 8 heteroatoms. The highest BCUT2D eigenvalue weighted by Crippen LogP contribution is 2.19. The number of hydrogen-bond acceptors (Lipinski definition) is 7. The highest BCUT2D eigenvalue weighted by molar-refractivity contribution is 7.16. The van der Waals surface area contributed by atoms with Crippen LogP contribution < -0.4 is 5.32 Å². The molecule has 1 aromatic heterocycles. The van der Waals surface area contributed by atoms with Crippen LogP contribution in [-0.2, 0) is 9.47 Å². The van der Waals surface area contributed by atoms with E-state index in [1.54, 1.807) is 23.4 Å². The summed E-state index contributed by atoms with van der Waals surface area (Å²) in [5.41, 5.74) is 2.88. The molecular weight excluding hydrogens is 366 g/mol. The number of aromatic nitrogens is 1. The fourth-order valence-corrected chi connectivity index (χ4v) is 3.09. The van der Waals surface area contributed by atoms with Crippen molar-refractivity contribution < 1.29 is 19.1 Å². The quantitative estimate of drug-likeness (QED) is 0.789. The Morgan fingerprint density at radius 3 is 2.59 bits per heavy atom. The molecule has 0 spiro atoms. The number of nitrogens with one attached hydrogen (secondary N) is 1. The third-order valence-corrected chi connectivity index (χ3v) is 4.40. The van der Waals surface area contributed by atoms with Crippen molar-refractivity contribution in [2.24, 2.45) is 0 Å². The minimum atomic E-state index is -0.387. The van der Waals surface area contributed by atoms with E-state index in [9.17, 15) is 9.59 Å². The Labute approximate surface area is 163 Å². The van der Waals surface area contributed by atoms with E-state index in [1.807, 2.05) is 32.9 Å². The minimum absolute atomic E-state index is 0.200. The predicted octanol–water partition coefficient (Wildman–Crippen LogP) is 3.30. The lowest BCUT2D eigenvalue weighted by molar-refractivity contribution is 0.0228. The lowest BCUT2D eigenvalue weighted by atomic mass is 10.2. The van der Waals surface area contributed by atoms with E-state index >= 15 is 0 Å². The Morgan fingerprint density at radius 1 is 1.26 bits per heavy atom. The van der Waals surface area contributed by atoms with Gasteiger partial charge in [-0.3, -0.25) is 0 Å². The smallest absolute Gasteiger partial charge is 0.410 e. The van der Waals surface area contributed by atoms with Gasteiger partial charge in [0.1, 0.15) is 5.60 Å². The number of carbonyl (C=O) groups excluding carboxylic acids is 2. The summed E-state index contributed by atoms with van der Waals surface area (Å²) in [7, 11) is 0. The van der Waals surface area contributed by atoms with Crippen molar-refractivity contribution in [1.82, 2.24) is 15.2 Å². The monoisotopic (exact) mass is 393 g/mol. The number of nitrogens with zero attached hydrogens (tertiary/aromatic N) is 2. The van der Waals surface area contributed by atoms with Crippen LogP contribution in [0.5, 0.6) is 0 Å². The molecule has 1 fully saturated rings. The summed E-state index contributed by atoms with van der Waals surface area (Å²) < 4.78 is 11.1. The van der Waals surface area contributed by atoms with Gasteiger partial charge in [-0.2, -0.15) is 0 Å². The van der Waals surface area contributed by atoms with Gasteiger partial charge in [-0.05, 0) is 45.9 Å². The SMILES string of the molecule is CC(C)(C)OC(=O)N1CCNCC1.CCOC(=O)c1ccc2ncsc2c1. The van der Waals surface area contributed by atoms with E-state index in [-0.39, 0.29) is 17.7 Å². The van der Waals surface area contributed by atoms with Gasteiger partial charge >= 0.3 is 12.1 Å². The number of esters is 1. The van der Waals surface area contributed by atoms with Crippen molar-refractivity contribution in [2.75, 3.05) is 32.8 Å². The molecule has 27 heavy (non-hydrogen) atoms. The topological polar surface area (TPSA) is 80.8 Å². The van der Waals surface area contributed by atoms with Crippen LogP contribution in [0.15, 0.2) is 23.7 Å². The van der Waals surface area contributed by atoms with Crippen molar-refractivity contribution in [2.45, 2.75) is 33.3 Å². The molecular formula is C19H27N3O4S. The largest absolute Gasteiger partial charge is 0.462 e. The summed E-state index contributed by atoms with van der Waals surface area (Å²) in [6.07, 6.45) is -0.200. The molecule has 1 aromatic carbocycles. The molecule has 1 amide bonds. The Hall–Kier alpha value is -2.19. The zero-order chi connectivity index (χ0) is 19.9. The fourth-order valence-electron chi connectivity index (χ4n) is 2.37. The van der Waals surface area contributed by atoms with Gasteiger partial charge in [-0.15, -0.1) is 11.3 Å². The van der Waals surface area contributed by atoms with Crippen molar-refractivity contribution in [3.05, 3.63) is 29.3 Å². The molecule has 0 radical (unpaired) electrons. The molecule has 2 heterocycles. The summed E-state index contributed by atoms with van der Waals surface area (Å²) >= 11 is 1.52. The number of amides is 1. The van der Waals surface area contributed by atoms with E-state index in [0.717, 1.165) is 36.4 Å². The number of carbonyl (C=O) groups is 2. The van der Waals surface area contributed by atoms with Gasteiger partial charge in [-0.1, -0.05) is 0 Å². The second-order valence-electron chi connectivity index (χ2n) is 6.97. The number of benzene rings is 1. The van der Waals surface area contributed by atoms with Crippen molar-refractivity contribution >= 4 is 33.6 Å². The first-order valence-corrected chi connectivity index (χ1v) is 9.87. The second-order valence-corrected chi connectivity index (χ2v) is 7.86. The molecule has 1 aliphatic heterocycles. The first kappa shape index (κ1) is 21.1. The van der Waals surface area contributed by atoms with Crippen LogP contribution in [-0.4, -0.2) is 60.3 Å². The number of piperazine rings is 1. The Bertz CT molecular complexity index is 764. The average molecular weight is 394 g/mol. The second kappa shape index (κ2) is 9.66. The van der Waals surface area contributed by atoms with E-state index in [1.165, 1.54) is 11.3 Å². The van der Waals surface area contributed by atoms with Crippen LogP contribution in [0.25, 0.3) is 10.2 Å². The van der Waals surface area contributed by atoms with Gasteiger partial charge in [0, 0.05) is 26.2 Å². The maximum Gasteiger partial charge on any atom is 0.410 e. The maximum atomic E-state index is 11.5. The molecule has 0 bridgehead atoms. The van der Waals surface area contributed by atoms with E-state index in [4.69, 9.17) is 9.47 Å². The normalized spacial score (nSPS) is 14.3. The van der Waals surface area contributed by atoms with E-state index in [2.05, 4.69) is 10.3 Å². The number of thiazole rings is 1. The van der Waals surface area contributed by atoms with Crippen molar-refractivity contribution in [3.63, 3.8) is 0 Å². The maximum absolute atomic E-state index is 11.5. The Kier molecular flexibility index (Phi) is 7.55. The molecule has 0 atom stereocenters. The Balaban J connectivity index is 0.000000194. The first-order chi connectivity index (χ1) is 12.8.